The van der Waals surface area contributed by atoms with Crippen molar-refractivity contribution >= 4 is 21.6 Å². The predicted molar refractivity (Wildman–Crippen MR) is 63.1 cm³/mol. The lowest BCUT2D eigenvalue weighted by Gasteiger charge is -2.40. The number of hydrogen-bond donors (Lipinski definition) is 1. The van der Waals surface area contributed by atoms with Crippen LogP contribution < -0.4 is 10.9 Å². The van der Waals surface area contributed by atoms with Crippen molar-refractivity contribution in [3.05, 3.63) is 21.0 Å². The molecular formula is C10H14BrN3O. The third kappa shape index (κ3) is 1.93. The van der Waals surface area contributed by atoms with Crippen LogP contribution in [-0.4, -0.2) is 15.3 Å². The Kier molecular flexibility index (Phi) is 2.58. The summed E-state index contributed by atoms with van der Waals surface area (Å²) in [5.74, 6) is 0. The zero-order valence-corrected chi connectivity index (χ0v) is 10.5. The molecule has 1 heterocycles. The van der Waals surface area contributed by atoms with E-state index in [1.807, 2.05) is 0 Å². The van der Waals surface area contributed by atoms with Gasteiger partial charge in [0.15, 0.2) is 0 Å². The quantitative estimate of drug-likeness (QED) is 0.894. The molecule has 0 radical (unpaired) electrons. The minimum absolute atomic E-state index is 0.108. The van der Waals surface area contributed by atoms with Gasteiger partial charge in [-0.3, -0.25) is 4.79 Å². The van der Waals surface area contributed by atoms with E-state index in [0.29, 0.717) is 4.47 Å². The number of halogens is 1. The molecule has 1 aliphatic rings. The first kappa shape index (κ1) is 10.7. The molecule has 4 nitrogen and oxygen atoms in total. The third-order valence-corrected chi connectivity index (χ3v) is 3.74. The van der Waals surface area contributed by atoms with Gasteiger partial charge in [-0.05, 0) is 42.1 Å². The molecule has 0 atom stereocenters. The van der Waals surface area contributed by atoms with E-state index in [9.17, 15) is 4.79 Å². The Bertz CT molecular complexity index is 437. The summed E-state index contributed by atoms with van der Waals surface area (Å²) in [6.07, 6.45) is 5.23. The van der Waals surface area contributed by atoms with Crippen LogP contribution in [0, 0.1) is 0 Å². The van der Waals surface area contributed by atoms with E-state index >= 15 is 0 Å². The first-order chi connectivity index (χ1) is 7.02. The molecule has 0 unspecified atom stereocenters. The Labute approximate surface area is 96.8 Å². The summed E-state index contributed by atoms with van der Waals surface area (Å²) < 4.78 is 1.88. The van der Waals surface area contributed by atoms with Crippen molar-refractivity contribution in [1.29, 1.82) is 0 Å². The topological polar surface area (TPSA) is 46.9 Å². The number of aryl methyl sites for hydroxylation is 1. The lowest BCUT2D eigenvalue weighted by Crippen LogP contribution is -2.42. The largest absolute Gasteiger partial charge is 0.378 e. The highest BCUT2D eigenvalue weighted by atomic mass is 79.9. The SMILES string of the molecule is Cn1ncc(NC2(C)CCC2)c(Br)c1=O. The zero-order valence-electron chi connectivity index (χ0n) is 8.88. The van der Waals surface area contributed by atoms with Gasteiger partial charge in [-0.2, -0.15) is 5.10 Å². The van der Waals surface area contributed by atoms with Crippen LogP contribution in [0.15, 0.2) is 15.5 Å². The van der Waals surface area contributed by atoms with E-state index in [1.165, 1.54) is 11.1 Å². The Balaban J connectivity index is 2.29. The molecule has 5 heteroatoms. The zero-order chi connectivity index (χ0) is 11.1. The van der Waals surface area contributed by atoms with Crippen molar-refractivity contribution < 1.29 is 0 Å². The average Bonchev–Trinajstić information content (AvgIpc) is 2.17. The maximum Gasteiger partial charge on any atom is 0.282 e. The molecule has 0 aromatic carbocycles. The number of hydrogen-bond acceptors (Lipinski definition) is 3. The van der Waals surface area contributed by atoms with Crippen LogP contribution in [0.5, 0.6) is 0 Å². The average molecular weight is 272 g/mol. The summed E-state index contributed by atoms with van der Waals surface area (Å²) in [5.41, 5.74) is 0.819. The van der Waals surface area contributed by atoms with E-state index in [2.05, 4.69) is 33.3 Å². The number of nitrogens with zero attached hydrogens (tertiary/aromatic N) is 2. The van der Waals surface area contributed by atoms with Crippen LogP contribution in [0.2, 0.25) is 0 Å². The molecule has 0 amide bonds. The maximum absolute atomic E-state index is 11.6. The Hall–Kier alpha value is -0.840. The molecule has 0 aliphatic heterocycles. The smallest absolute Gasteiger partial charge is 0.282 e. The van der Waals surface area contributed by atoms with Gasteiger partial charge in [0.05, 0.1) is 11.9 Å². The summed E-state index contributed by atoms with van der Waals surface area (Å²) in [6.45, 7) is 2.17. The fourth-order valence-electron chi connectivity index (χ4n) is 1.76. The predicted octanol–water partition coefficient (Wildman–Crippen LogP) is 1.90. The van der Waals surface area contributed by atoms with Gasteiger partial charge in [0.2, 0.25) is 0 Å². The highest BCUT2D eigenvalue weighted by Gasteiger charge is 2.32. The lowest BCUT2D eigenvalue weighted by atomic mass is 9.78. The molecule has 1 aromatic rings. The monoisotopic (exact) mass is 271 g/mol. The van der Waals surface area contributed by atoms with E-state index in [0.717, 1.165) is 18.5 Å². The minimum Gasteiger partial charge on any atom is -0.378 e. The van der Waals surface area contributed by atoms with Crippen molar-refractivity contribution in [3.63, 3.8) is 0 Å². The maximum atomic E-state index is 11.6. The van der Waals surface area contributed by atoms with Crippen LogP contribution in [0.1, 0.15) is 26.2 Å². The van der Waals surface area contributed by atoms with Gasteiger partial charge >= 0.3 is 0 Å². The van der Waals surface area contributed by atoms with Gasteiger partial charge in [0.1, 0.15) is 4.47 Å². The summed E-state index contributed by atoms with van der Waals surface area (Å²) in [4.78, 5) is 11.6. The van der Waals surface area contributed by atoms with Gasteiger partial charge in [-0.1, -0.05) is 0 Å². The Morgan fingerprint density at radius 3 is 2.80 bits per heavy atom. The molecule has 15 heavy (non-hydrogen) atoms. The van der Waals surface area contributed by atoms with Crippen LogP contribution in [0.25, 0.3) is 0 Å². The number of rotatable bonds is 2. The standard InChI is InChI=1S/C10H14BrN3O/c1-10(4-3-5-10)13-7-6-12-14(2)9(15)8(7)11/h6,13H,3-5H2,1-2H3. The van der Waals surface area contributed by atoms with Crippen LogP contribution in [-0.2, 0) is 7.05 Å². The van der Waals surface area contributed by atoms with Gasteiger partial charge in [-0.25, -0.2) is 4.68 Å². The van der Waals surface area contributed by atoms with Crippen molar-refractivity contribution in [3.8, 4) is 0 Å². The molecule has 0 spiro atoms. The third-order valence-electron chi connectivity index (χ3n) is 2.97. The number of anilines is 1. The molecule has 1 N–H and O–H groups in total. The van der Waals surface area contributed by atoms with Gasteiger partial charge in [0.25, 0.3) is 5.56 Å². The summed E-state index contributed by atoms with van der Waals surface area (Å²) in [7, 11) is 1.64. The van der Waals surface area contributed by atoms with E-state index in [4.69, 9.17) is 0 Å². The van der Waals surface area contributed by atoms with Crippen LogP contribution >= 0.6 is 15.9 Å². The molecule has 82 valence electrons. The number of aromatic nitrogens is 2. The van der Waals surface area contributed by atoms with Crippen molar-refractivity contribution in [2.45, 2.75) is 31.7 Å². The van der Waals surface area contributed by atoms with Crippen LogP contribution in [0.4, 0.5) is 5.69 Å². The molecule has 0 bridgehead atoms. The molecular weight excluding hydrogens is 258 g/mol. The molecule has 1 saturated carbocycles. The second-order valence-corrected chi connectivity index (χ2v) is 5.13. The summed E-state index contributed by atoms with van der Waals surface area (Å²) >= 11 is 3.30. The fraction of sp³-hybridized carbons (Fsp3) is 0.600. The normalized spacial score (nSPS) is 18.3. The Morgan fingerprint density at radius 1 is 1.60 bits per heavy atom. The van der Waals surface area contributed by atoms with E-state index in [-0.39, 0.29) is 11.1 Å². The van der Waals surface area contributed by atoms with Crippen molar-refractivity contribution in [2.24, 2.45) is 7.05 Å². The van der Waals surface area contributed by atoms with E-state index < -0.39 is 0 Å². The molecule has 1 aromatic heterocycles. The highest BCUT2D eigenvalue weighted by molar-refractivity contribution is 9.10. The second-order valence-electron chi connectivity index (χ2n) is 4.34. The van der Waals surface area contributed by atoms with E-state index in [1.54, 1.807) is 13.2 Å². The van der Waals surface area contributed by atoms with Crippen molar-refractivity contribution in [2.75, 3.05) is 5.32 Å². The first-order valence-corrected chi connectivity index (χ1v) is 5.81. The van der Waals surface area contributed by atoms with Gasteiger partial charge in [-0.15, -0.1) is 0 Å². The summed E-state index contributed by atoms with van der Waals surface area (Å²) in [5, 5.41) is 7.36. The van der Waals surface area contributed by atoms with Crippen molar-refractivity contribution in [1.82, 2.24) is 9.78 Å². The number of nitrogens with one attached hydrogen (secondary N) is 1. The molecule has 1 aliphatic carbocycles. The Morgan fingerprint density at radius 2 is 2.27 bits per heavy atom. The lowest BCUT2D eigenvalue weighted by molar-refractivity contribution is 0.306. The summed E-state index contributed by atoms with van der Waals surface area (Å²) in [6, 6.07) is 0. The molecule has 0 saturated heterocycles. The highest BCUT2D eigenvalue weighted by Crippen LogP contribution is 2.35. The second kappa shape index (κ2) is 3.63. The fourth-order valence-corrected chi connectivity index (χ4v) is 2.21. The van der Waals surface area contributed by atoms with Gasteiger partial charge < -0.3 is 5.32 Å². The van der Waals surface area contributed by atoms with Gasteiger partial charge in [0, 0.05) is 12.6 Å². The molecule has 1 fully saturated rings. The first-order valence-electron chi connectivity index (χ1n) is 5.02. The molecule has 2 rings (SSSR count). The van der Waals surface area contributed by atoms with Crippen LogP contribution in [0.3, 0.4) is 0 Å². The minimum atomic E-state index is -0.108.